The van der Waals surface area contributed by atoms with Crippen molar-refractivity contribution in [3.63, 3.8) is 0 Å². The van der Waals surface area contributed by atoms with Gasteiger partial charge >= 0.3 is 11.9 Å². The second kappa shape index (κ2) is 9.01. The van der Waals surface area contributed by atoms with Gasteiger partial charge in [-0.05, 0) is 0 Å². The summed E-state index contributed by atoms with van der Waals surface area (Å²) >= 11 is 0. The fourth-order valence-electron chi connectivity index (χ4n) is 1.66. The van der Waals surface area contributed by atoms with Gasteiger partial charge in [-0.2, -0.15) is 10.2 Å². The first-order chi connectivity index (χ1) is 11.0. The zero-order valence-electron chi connectivity index (χ0n) is 12.7. The third-order valence-electron chi connectivity index (χ3n) is 2.59. The second-order valence-electron chi connectivity index (χ2n) is 4.42. The molecule has 0 atom stereocenters. The van der Waals surface area contributed by atoms with E-state index < -0.39 is 47.3 Å². The van der Waals surface area contributed by atoms with Crippen LogP contribution in [0.4, 0.5) is 17.6 Å². The predicted octanol–water partition coefficient (Wildman–Crippen LogP) is 2.53. The first-order valence-electron chi connectivity index (χ1n) is 6.14. The molecular weight excluding hydrogens is 376 g/mol. The number of hydrogen-bond acceptors (Lipinski definition) is 4. The molecule has 8 nitrogen and oxygen atoms in total. The molecule has 0 bridgehead atoms. The Morgan fingerprint density at radius 2 is 1.16 bits per heavy atom. The molecule has 0 radical (unpaired) electrons. The molecule has 0 aliphatic carbocycles. The molecule has 0 unspecified atom stereocenters. The predicted molar refractivity (Wildman–Crippen MR) is 77.5 cm³/mol. The lowest BCUT2D eigenvalue weighted by Crippen LogP contribution is -1.99. The van der Waals surface area contributed by atoms with Crippen molar-refractivity contribution < 1.29 is 37.4 Å². The summed E-state index contributed by atoms with van der Waals surface area (Å²) in [7, 11) is 2.77. The van der Waals surface area contributed by atoms with Gasteiger partial charge in [0.05, 0.1) is 0 Å². The molecule has 13 heteroatoms. The standard InChI is InChI=1S/2C6H6F2N2O2.ClH/c2*1-10-2-3(6(11)12)4(9-10)5(7)8;/h2*2,5H,1H3,(H,11,12);1H. The molecule has 2 N–H and O–H groups in total. The number of alkyl halides is 4. The van der Waals surface area contributed by atoms with Crippen molar-refractivity contribution in [2.45, 2.75) is 12.9 Å². The van der Waals surface area contributed by atoms with E-state index in [2.05, 4.69) is 10.2 Å². The van der Waals surface area contributed by atoms with Crippen molar-refractivity contribution in [2.24, 2.45) is 14.1 Å². The fraction of sp³-hybridized carbons (Fsp3) is 0.333. The van der Waals surface area contributed by atoms with E-state index in [1.54, 1.807) is 0 Å². The average Bonchev–Trinajstić information content (AvgIpc) is 3.03. The number of aromatic nitrogens is 4. The molecule has 0 fully saturated rings. The molecule has 2 aromatic heterocycles. The lowest BCUT2D eigenvalue weighted by atomic mass is 10.2. The first-order valence-corrected chi connectivity index (χ1v) is 6.14. The van der Waals surface area contributed by atoms with Crippen LogP contribution in [-0.4, -0.2) is 41.7 Å². The number of nitrogens with zero attached hydrogens (tertiary/aromatic N) is 4. The molecule has 0 amide bonds. The summed E-state index contributed by atoms with van der Waals surface area (Å²) in [5, 5.41) is 23.5. The van der Waals surface area contributed by atoms with Crippen molar-refractivity contribution in [2.75, 3.05) is 0 Å². The third kappa shape index (κ3) is 5.74. The van der Waals surface area contributed by atoms with Gasteiger partial charge in [0.15, 0.2) is 0 Å². The van der Waals surface area contributed by atoms with Gasteiger partial charge in [0, 0.05) is 26.5 Å². The highest BCUT2D eigenvalue weighted by atomic mass is 35.5. The second-order valence-corrected chi connectivity index (χ2v) is 4.42. The Bertz CT molecular complexity index is 685. The molecular formula is C12H13ClF4N4O4. The highest BCUT2D eigenvalue weighted by Gasteiger charge is 2.22. The molecule has 0 saturated carbocycles. The Hall–Kier alpha value is -2.63. The number of aryl methyl sites for hydroxylation is 2. The Morgan fingerprint density at radius 1 is 0.880 bits per heavy atom. The van der Waals surface area contributed by atoms with Crippen LogP contribution in [0.1, 0.15) is 45.0 Å². The monoisotopic (exact) mass is 388 g/mol. The quantitative estimate of drug-likeness (QED) is 0.779. The van der Waals surface area contributed by atoms with Crippen molar-refractivity contribution in [3.05, 3.63) is 34.9 Å². The molecule has 0 spiro atoms. The topological polar surface area (TPSA) is 110 Å². The Kier molecular flexibility index (Phi) is 8.06. The number of carboxylic acids is 2. The summed E-state index contributed by atoms with van der Waals surface area (Å²) in [6.07, 6.45) is -3.61. The molecule has 0 aromatic carbocycles. The summed E-state index contributed by atoms with van der Waals surface area (Å²) in [4.78, 5) is 20.7. The van der Waals surface area contributed by atoms with E-state index in [1.165, 1.54) is 14.1 Å². The lowest BCUT2D eigenvalue weighted by molar-refractivity contribution is 0.0675. The molecule has 2 rings (SSSR count). The highest BCUT2D eigenvalue weighted by molar-refractivity contribution is 5.89. The van der Waals surface area contributed by atoms with Gasteiger partial charge < -0.3 is 10.2 Å². The molecule has 25 heavy (non-hydrogen) atoms. The van der Waals surface area contributed by atoms with Crippen LogP contribution in [-0.2, 0) is 14.1 Å². The van der Waals surface area contributed by atoms with Gasteiger partial charge in [0.2, 0.25) is 0 Å². The maximum absolute atomic E-state index is 12.1. The zero-order valence-corrected chi connectivity index (χ0v) is 13.5. The maximum atomic E-state index is 12.1. The zero-order chi connectivity index (χ0) is 18.6. The van der Waals surface area contributed by atoms with Gasteiger partial charge in [0.25, 0.3) is 12.9 Å². The number of aromatic carboxylic acids is 2. The first kappa shape index (κ1) is 22.4. The van der Waals surface area contributed by atoms with Crippen molar-refractivity contribution in [1.29, 1.82) is 0 Å². The average molecular weight is 389 g/mol. The van der Waals surface area contributed by atoms with Crippen LogP contribution in [0.25, 0.3) is 0 Å². The number of carboxylic acid groups (broad SMARTS) is 2. The van der Waals surface area contributed by atoms with E-state index in [1.807, 2.05) is 0 Å². The Labute approximate surface area is 144 Å². The molecule has 2 heterocycles. The van der Waals surface area contributed by atoms with E-state index in [0.717, 1.165) is 21.8 Å². The minimum Gasteiger partial charge on any atom is -0.478 e. The van der Waals surface area contributed by atoms with Crippen LogP contribution in [0.3, 0.4) is 0 Å². The van der Waals surface area contributed by atoms with Gasteiger partial charge in [-0.1, -0.05) is 0 Å². The van der Waals surface area contributed by atoms with E-state index in [0.29, 0.717) is 0 Å². The SMILES string of the molecule is Cl.Cn1cc(C(=O)O)c(C(F)F)n1.Cn1cc(C(=O)O)c(C(F)F)n1. The van der Waals surface area contributed by atoms with Gasteiger partial charge in [-0.15, -0.1) is 12.4 Å². The van der Waals surface area contributed by atoms with Crippen molar-refractivity contribution in [3.8, 4) is 0 Å². The summed E-state index contributed by atoms with van der Waals surface area (Å²) in [6, 6.07) is 0. The largest absolute Gasteiger partial charge is 0.478 e. The highest BCUT2D eigenvalue weighted by Crippen LogP contribution is 2.21. The Morgan fingerprint density at radius 3 is 1.32 bits per heavy atom. The van der Waals surface area contributed by atoms with E-state index in [9.17, 15) is 27.2 Å². The van der Waals surface area contributed by atoms with E-state index in [-0.39, 0.29) is 12.4 Å². The van der Waals surface area contributed by atoms with Crippen molar-refractivity contribution in [1.82, 2.24) is 19.6 Å². The molecule has 0 aliphatic heterocycles. The number of hydrogen-bond donors (Lipinski definition) is 2. The number of rotatable bonds is 4. The van der Waals surface area contributed by atoms with Gasteiger partial charge in [0.1, 0.15) is 22.5 Å². The summed E-state index contributed by atoms with van der Waals surface area (Å²) in [5.74, 6) is -2.78. The molecule has 0 aliphatic rings. The fourth-order valence-corrected chi connectivity index (χ4v) is 1.66. The molecule has 2 aromatic rings. The van der Waals surface area contributed by atoms with E-state index in [4.69, 9.17) is 10.2 Å². The minimum absolute atomic E-state index is 0. The van der Waals surface area contributed by atoms with Crippen LogP contribution < -0.4 is 0 Å². The summed E-state index contributed by atoms with van der Waals surface area (Å²) in [6.45, 7) is 0. The number of carbonyl (C=O) groups is 2. The van der Waals surface area contributed by atoms with Crippen LogP contribution in [0, 0.1) is 0 Å². The van der Waals surface area contributed by atoms with Crippen LogP contribution in [0.5, 0.6) is 0 Å². The van der Waals surface area contributed by atoms with E-state index >= 15 is 0 Å². The number of halogens is 5. The minimum atomic E-state index is -2.85. The van der Waals surface area contributed by atoms with Crippen LogP contribution in [0.15, 0.2) is 12.4 Å². The third-order valence-corrected chi connectivity index (χ3v) is 2.59. The van der Waals surface area contributed by atoms with Crippen LogP contribution in [0.2, 0.25) is 0 Å². The van der Waals surface area contributed by atoms with Gasteiger partial charge in [-0.25, -0.2) is 27.2 Å². The summed E-state index contributed by atoms with van der Waals surface area (Å²) in [5.41, 5.74) is -2.28. The molecule has 0 saturated heterocycles. The Balaban J connectivity index is 0.000000443. The van der Waals surface area contributed by atoms with Crippen LogP contribution >= 0.6 is 12.4 Å². The lowest BCUT2D eigenvalue weighted by Gasteiger charge is -1.93. The normalized spacial score (nSPS) is 10.2. The van der Waals surface area contributed by atoms with Gasteiger partial charge in [-0.3, -0.25) is 9.36 Å². The maximum Gasteiger partial charge on any atom is 0.339 e. The smallest absolute Gasteiger partial charge is 0.339 e. The summed E-state index contributed by atoms with van der Waals surface area (Å²) < 4.78 is 50.3. The molecule has 140 valence electrons. The van der Waals surface area contributed by atoms with Crippen molar-refractivity contribution >= 4 is 24.3 Å².